The fourth-order valence-corrected chi connectivity index (χ4v) is 4.23. The van der Waals surface area contributed by atoms with Gasteiger partial charge in [-0.05, 0) is 38.0 Å². The van der Waals surface area contributed by atoms with Gasteiger partial charge in [0.1, 0.15) is 11.9 Å². The van der Waals surface area contributed by atoms with E-state index < -0.39 is 79.8 Å². The summed E-state index contributed by atoms with van der Waals surface area (Å²) in [6.45, 7) is 2.39. The van der Waals surface area contributed by atoms with Gasteiger partial charge in [0, 0.05) is 29.9 Å². The van der Waals surface area contributed by atoms with Gasteiger partial charge in [-0.2, -0.15) is 13.2 Å². The number of nitrogens with two attached hydrogens (primary N) is 2. The highest BCUT2D eigenvalue weighted by Gasteiger charge is 2.37. The summed E-state index contributed by atoms with van der Waals surface area (Å²) in [5.74, 6) is -5.98. The van der Waals surface area contributed by atoms with Crippen LogP contribution in [-0.4, -0.2) is 54.5 Å². The number of primary amides is 1. The first-order valence-electron chi connectivity index (χ1n) is 12.5. The second-order valence-corrected chi connectivity index (χ2v) is 9.54. The van der Waals surface area contributed by atoms with E-state index in [4.69, 9.17) is 16.2 Å². The average Bonchev–Trinajstić information content (AvgIpc) is 2.99. The van der Waals surface area contributed by atoms with Crippen LogP contribution in [0.1, 0.15) is 42.9 Å². The van der Waals surface area contributed by atoms with E-state index in [1.165, 1.54) is 25.1 Å². The Hall–Kier alpha value is -4.33. The summed E-state index contributed by atoms with van der Waals surface area (Å²) in [4.78, 5) is 56.0. The minimum atomic E-state index is -4.61. The van der Waals surface area contributed by atoms with Crippen molar-refractivity contribution in [2.24, 2.45) is 22.4 Å². The molecule has 3 amide bonds. The van der Waals surface area contributed by atoms with Gasteiger partial charge in [-0.15, -0.1) is 0 Å². The van der Waals surface area contributed by atoms with Crippen molar-refractivity contribution in [3.8, 4) is 0 Å². The van der Waals surface area contributed by atoms with Crippen LogP contribution in [0.15, 0.2) is 47.5 Å². The average molecular weight is 580 g/mol. The first-order chi connectivity index (χ1) is 19.2. The number of hydrogen-bond donors (Lipinski definition) is 3. The number of carbonyl (C=O) groups excluding carboxylic acids is 4. The number of aryl methyl sites for hydroxylation is 1. The van der Waals surface area contributed by atoms with Gasteiger partial charge in [0.05, 0.1) is 11.4 Å². The number of rotatable bonds is 10. The molecular weight excluding hydrogens is 550 g/mol. The molecule has 0 aromatic heterocycles. The van der Waals surface area contributed by atoms with Crippen LogP contribution in [0.4, 0.5) is 23.2 Å². The summed E-state index contributed by atoms with van der Waals surface area (Å²) in [7, 11) is 0. The van der Waals surface area contributed by atoms with Crippen molar-refractivity contribution in [2.75, 3.05) is 11.6 Å². The van der Waals surface area contributed by atoms with Crippen LogP contribution in [0.5, 0.6) is 0 Å². The lowest BCUT2D eigenvalue weighted by Gasteiger charge is -2.27. The summed E-state index contributed by atoms with van der Waals surface area (Å²) >= 11 is 0. The number of amides is 3. The van der Waals surface area contributed by atoms with Crippen LogP contribution in [0, 0.1) is 18.7 Å². The van der Waals surface area contributed by atoms with Gasteiger partial charge in [-0.1, -0.05) is 30.3 Å². The van der Waals surface area contributed by atoms with E-state index in [1.54, 1.807) is 25.1 Å². The Morgan fingerprint density at radius 3 is 2.46 bits per heavy atom. The fraction of sp³-hybridized carbons (Fsp3) is 0.370. The Morgan fingerprint density at radius 1 is 1.17 bits per heavy atom. The number of alkyl halides is 3. The van der Waals surface area contributed by atoms with Gasteiger partial charge in [0.2, 0.25) is 18.0 Å². The van der Waals surface area contributed by atoms with E-state index in [2.05, 4.69) is 10.3 Å². The molecule has 0 spiro atoms. The minimum Gasteiger partial charge on any atom is -0.443 e. The van der Waals surface area contributed by atoms with Gasteiger partial charge in [0.15, 0.2) is 6.73 Å². The predicted octanol–water partition coefficient (Wildman–Crippen LogP) is 2.44. The normalized spacial score (nSPS) is 16.7. The molecule has 3 unspecified atom stereocenters. The SMILES string of the molecule is Cc1cccc2c1N(COC(=O)C(C)N)C(=O)C(NC(=O)C(CCC(F)(F)F)CC(N)=O)N=C2c1cccc(F)c1. The van der Waals surface area contributed by atoms with E-state index in [0.717, 1.165) is 11.0 Å². The molecule has 0 bridgehead atoms. The van der Waals surface area contributed by atoms with Crippen LogP contribution in [0.3, 0.4) is 0 Å². The molecule has 3 atom stereocenters. The maximum absolute atomic E-state index is 14.2. The van der Waals surface area contributed by atoms with Crippen molar-refractivity contribution in [1.82, 2.24) is 5.32 Å². The third kappa shape index (κ3) is 8.10. The number of nitrogens with one attached hydrogen (secondary N) is 1. The number of halogens is 4. The van der Waals surface area contributed by atoms with Crippen LogP contribution >= 0.6 is 0 Å². The molecular formula is C27H29F4N5O5. The topological polar surface area (TPSA) is 157 Å². The van der Waals surface area contributed by atoms with Crippen molar-refractivity contribution in [3.63, 3.8) is 0 Å². The zero-order valence-corrected chi connectivity index (χ0v) is 22.2. The van der Waals surface area contributed by atoms with Crippen molar-refractivity contribution in [1.29, 1.82) is 0 Å². The van der Waals surface area contributed by atoms with Gasteiger partial charge in [-0.25, -0.2) is 9.38 Å². The minimum absolute atomic E-state index is 0.0737. The first kappa shape index (κ1) is 31.2. The molecule has 0 aliphatic carbocycles. The number of hydrogen-bond acceptors (Lipinski definition) is 7. The molecule has 5 N–H and O–H groups in total. The number of benzene rings is 2. The fourth-order valence-electron chi connectivity index (χ4n) is 4.23. The second kappa shape index (κ2) is 12.9. The van der Waals surface area contributed by atoms with E-state index in [-0.39, 0.29) is 17.0 Å². The van der Waals surface area contributed by atoms with Crippen LogP contribution in [0.2, 0.25) is 0 Å². The second-order valence-electron chi connectivity index (χ2n) is 9.54. The summed E-state index contributed by atoms with van der Waals surface area (Å²) in [5, 5.41) is 2.31. The highest BCUT2D eigenvalue weighted by Crippen LogP contribution is 2.32. The molecule has 0 fully saturated rings. The van der Waals surface area contributed by atoms with Gasteiger partial charge in [0.25, 0.3) is 5.91 Å². The Labute approximate surface area is 232 Å². The molecule has 1 aliphatic rings. The number of carbonyl (C=O) groups is 4. The van der Waals surface area contributed by atoms with Crippen molar-refractivity contribution in [3.05, 3.63) is 65.0 Å². The number of esters is 1. The Kier molecular flexibility index (Phi) is 9.81. The number of para-hydroxylation sites is 1. The van der Waals surface area contributed by atoms with Crippen molar-refractivity contribution in [2.45, 2.75) is 51.5 Å². The number of aliphatic imine (C=N–C) groups is 1. The largest absolute Gasteiger partial charge is 0.443 e. The smallest absolute Gasteiger partial charge is 0.389 e. The van der Waals surface area contributed by atoms with Gasteiger partial charge >= 0.3 is 12.1 Å². The Morgan fingerprint density at radius 2 is 1.85 bits per heavy atom. The lowest BCUT2D eigenvalue weighted by molar-refractivity contribution is -0.146. The molecule has 220 valence electrons. The molecule has 41 heavy (non-hydrogen) atoms. The molecule has 0 saturated heterocycles. The quantitative estimate of drug-likeness (QED) is 0.290. The Bertz CT molecular complexity index is 1360. The maximum atomic E-state index is 14.2. The van der Waals surface area contributed by atoms with Gasteiger partial charge in [-0.3, -0.25) is 24.1 Å². The van der Waals surface area contributed by atoms with E-state index >= 15 is 0 Å². The molecule has 0 saturated carbocycles. The van der Waals surface area contributed by atoms with Crippen LogP contribution in [0.25, 0.3) is 0 Å². The Balaban J connectivity index is 2.11. The number of ether oxygens (including phenoxy) is 1. The molecule has 14 heteroatoms. The van der Waals surface area contributed by atoms with E-state index in [9.17, 15) is 36.7 Å². The number of fused-ring (bicyclic) bond motifs is 1. The molecule has 2 aromatic rings. The molecule has 10 nitrogen and oxygen atoms in total. The molecule has 1 aliphatic heterocycles. The summed E-state index contributed by atoms with van der Waals surface area (Å²) in [5.41, 5.74) is 12.1. The third-order valence-electron chi connectivity index (χ3n) is 6.20. The molecule has 3 rings (SSSR count). The number of benzodiazepines with no additional fused rings is 1. The third-order valence-corrected chi connectivity index (χ3v) is 6.20. The van der Waals surface area contributed by atoms with Crippen molar-refractivity contribution < 1.29 is 41.5 Å². The monoisotopic (exact) mass is 579 g/mol. The summed E-state index contributed by atoms with van der Waals surface area (Å²) < 4.78 is 58.1. The first-order valence-corrected chi connectivity index (χ1v) is 12.5. The predicted molar refractivity (Wildman–Crippen MR) is 140 cm³/mol. The lowest BCUT2D eigenvalue weighted by atomic mass is 9.97. The van der Waals surface area contributed by atoms with Crippen LogP contribution < -0.4 is 21.7 Å². The molecule has 1 heterocycles. The number of nitrogens with zero attached hydrogens (tertiary/aromatic N) is 2. The highest BCUT2D eigenvalue weighted by molar-refractivity contribution is 6.20. The molecule has 0 radical (unpaired) electrons. The van der Waals surface area contributed by atoms with E-state index in [0.29, 0.717) is 11.1 Å². The summed E-state index contributed by atoms with van der Waals surface area (Å²) in [6, 6.07) is 9.14. The van der Waals surface area contributed by atoms with E-state index in [1.807, 2.05) is 0 Å². The summed E-state index contributed by atoms with van der Waals surface area (Å²) in [6.07, 6.45) is -9.23. The highest BCUT2D eigenvalue weighted by atomic mass is 19.4. The van der Waals surface area contributed by atoms with Gasteiger partial charge < -0.3 is 21.5 Å². The zero-order chi connectivity index (χ0) is 30.5. The van der Waals surface area contributed by atoms with Crippen LogP contribution in [-0.2, 0) is 23.9 Å². The lowest BCUT2D eigenvalue weighted by Crippen LogP contribution is -2.50. The van der Waals surface area contributed by atoms with Crippen molar-refractivity contribution >= 4 is 35.1 Å². The molecule has 2 aromatic carbocycles. The standard InChI is InChI=1S/C27H29F4N5O5/c1-14-5-3-8-19-21(16-6-4-7-18(28)11-16)34-23(25(39)36(22(14)19)13-41-26(40)15(2)32)35-24(38)17(12-20(33)37)9-10-27(29,30)31/h3-8,11,15,17,23H,9-10,12-13,32H2,1-2H3,(H2,33,37)(H,35,38). The maximum Gasteiger partial charge on any atom is 0.389 e. The number of anilines is 1. The zero-order valence-electron chi connectivity index (χ0n) is 22.2.